The van der Waals surface area contributed by atoms with E-state index in [0.29, 0.717) is 18.7 Å². The van der Waals surface area contributed by atoms with Crippen molar-refractivity contribution in [3.8, 4) is 0 Å². The van der Waals surface area contributed by atoms with Crippen LogP contribution in [0, 0.1) is 12.3 Å². The Balaban J connectivity index is 1.63. The molecule has 0 saturated heterocycles. The van der Waals surface area contributed by atoms with Gasteiger partial charge in [-0.05, 0) is 55.9 Å². The summed E-state index contributed by atoms with van der Waals surface area (Å²) in [6, 6.07) is 8.01. The number of carboxylic acids is 1. The highest BCUT2D eigenvalue weighted by molar-refractivity contribution is 5.85. The first-order valence-electron chi connectivity index (χ1n) is 9.35. The van der Waals surface area contributed by atoms with E-state index in [-0.39, 0.29) is 11.6 Å². The number of allylic oxidation sites excluding steroid dienone is 1. The van der Waals surface area contributed by atoms with Crippen LogP contribution in [0.15, 0.2) is 35.1 Å². The highest BCUT2D eigenvalue weighted by atomic mass is 16.4. The lowest BCUT2D eigenvalue weighted by molar-refractivity contribution is -0.141. The van der Waals surface area contributed by atoms with Crippen molar-refractivity contribution >= 4 is 23.7 Å². The van der Waals surface area contributed by atoms with Crippen molar-refractivity contribution in [1.82, 2.24) is 9.55 Å². The number of hydrogen-bond acceptors (Lipinski definition) is 3. The Morgan fingerprint density at radius 1 is 1.30 bits per heavy atom. The smallest absolute Gasteiger partial charge is 0.315 e. The van der Waals surface area contributed by atoms with Gasteiger partial charge in [-0.2, -0.15) is 0 Å². The van der Waals surface area contributed by atoms with E-state index in [1.807, 2.05) is 0 Å². The second-order valence-electron chi connectivity index (χ2n) is 7.80. The SMILES string of the molecule is Cc1ccc(/C=C2/CCCc3c2nc2n(c3=O)C3CC3(C(=O)O)C=C2)cc1. The molecular weight excluding hydrogens is 340 g/mol. The minimum atomic E-state index is -0.915. The zero-order valence-corrected chi connectivity index (χ0v) is 15.1. The summed E-state index contributed by atoms with van der Waals surface area (Å²) in [7, 11) is 0. The van der Waals surface area contributed by atoms with E-state index < -0.39 is 11.4 Å². The second-order valence-corrected chi connectivity index (χ2v) is 7.80. The molecule has 1 saturated carbocycles. The van der Waals surface area contributed by atoms with E-state index in [4.69, 9.17) is 4.98 Å². The number of benzene rings is 1. The Morgan fingerprint density at radius 2 is 2.07 bits per heavy atom. The molecular formula is C22H20N2O3. The van der Waals surface area contributed by atoms with E-state index in [1.165, 1.54) is 5.56 Å². The van der Waals surface area contributed by atoms with Crippen LogP contribution in [0.25, 0.3) is 17.7 Å². The number of fused-ring (bicyclic) bond motifs is 4. The number of hydrogen-bond donors (Lipinski definition) is 1. The van der Waals surface area contributed by atoms with Crippen molar-refractivity contribution < 1.29 is 9.90 Å². The van der Waals surface area contributed by atoms with Gasteiger partial charge < -0.3 is 5.11 Å². The van der Waals surface area contributed by atoms with Crippen LogP contribution >= 0.6 is 0 Å². The van der Waals surface area contributed by atoms with Crippen LogP contribution in [0.2, 0.25) is 0 Å². The van der Waals surface area contributed by atoms with Gasteiger partial charge in [-0.1, -0.05) is 35.9 Å². The van der Waals surface area contributed by atoms with Gasteiger partial charge in [0.2, 0.25) is 0 Å². The topological polar surface area (TPSA) is 72.2 Å². The fourth-order valence-corrected chi connectivity index (χ4v) is 4.36. The molecule has 1 N–H and O–H groups in total. The molecule has 2 aliphatic carbocycles. The molecule has 1 aromatic heterocycles. The molecule has 3 aliphatic rings. The lowest BCUT2D eigenvalue weighted by atomic mass is 9.90. The molecule has 2 heterocycles. The molecule has 1 aromatic carbocycles. The molecule has 1 aliphatic heterocycles. The van der Waals surface area contributed by atoms with Crippen LogP contribution in [0.1, 0.15) is 53.5 Å². The Labute approximate surface area is 156 Å². The number of aliphatic carboxylic acids is 1. The standard InChI is InChI=1S/C22H20N2O3/c1-13-5-7-14(8-6-13)11-15-3-2-4-16-19(15)23-18-9-10-22(21(26)27)12-17(22)24(18)20(16)25/h5-11,17H,2-4,12H2,1H3,(H,26,27)/b15-11-. The molecule has 0 radical (unpaired) electrons. The summed E-state index contributed by atoms with van der Waals surface area (Å²) < 4.78 is 1.61. The van der Waals surface area contributed by atoms with Crippen LogP contribution in [-0.2, 0) is 11.2 Å². The summed E-state index contributed by atoms with van der Waals surface area (Å²) in [5.41, 5.74) is 3.92. The van der Waals surface area contributed by atoms with E-state index >= 15 is 0 Å². The molecule has 136 valence electrons. The first kappa shape index (κ1) is 16.2. The van der Waals surface area contributed by atoms with E-state index in [1.54, 1.807) is 16.7 Å². The minimum Gasteiger partial charge on any atom is -0.481 e. The predicted molar refractivity (Wildman–Crippen MR) is 103 cm³/mol. The third-order valence-electron chi connectivity index (χ3n) is 6.04. The van der Waals surface area contributed by atoms with Gasteiger partial charge in [0.15, 0.2) is 0 Å². The van der Waals surface area contributed by atoms with Crippen LogP contribution in [0.3, 0.4) is 0 Å². The Bertz CT molecular complexity index is 1090. The van der Waals surface area contributed by atoms with Gasteiger partial charge >= 0.3 is 5.97 Å². The first-order valence-corrected chi connectivity index (χ1v) is 9.35. The lowest BCUT2D eigenvalue weighted by Crippen LogP contribution is -2.33. The number of aromatic nitrogens is 2. The van der Waals surface area contributed by atoms with Gasteiger partial charge in [0.05, 0.1) is 11.7 Å². The summed E-state index contributed by atoms with van der Waals surface area (Å²) in [5, 5.41) is 9.52. The van der Waals surface area contributed by atoms with Gasteiger partial charge in [-0.25, -0.2) is 4.98 Å². The van der Waals surface area contributed by atoms with Crippen molar-refractivity contribution in [1.29, 1.82) is 0 Å². The number of aryl methyl sites for hydroxylation is 1. The van der Waals surface area contributed by atoms with E-state index in [0.717, 1.165) is 35.2 Å². The van der Waals surface area contributed by atoms with Gasteiger partial charge in [0.25, 0.3) is 5.56 Å². The average molecular weight is 360 g/mol. The number of carbonyl (C=O) groups is 1. The third kappa shape index (κ3) is 2.34. The summed E-state index contributed by atoms with van der Waals surface area (Å²) in [5.74, 6) is -0.284. The summed E-state index contributed by atoms with van der Waals surface area (Å²) >= 11 is 0. The maximum Gasteiger partial charge on any atom is 0.315 e. The monoisotopic (exact) mass is 360 g/mol. The molecule has 0 bridgehead atoms. The zero-order chi connectivity index (χ0) is 18.8. The fraction of sp³-hybridized carbons (Fsp3) is 0.318. The third-order valence-corrected chi connectivity index (χ3v) is 6.04. The Morgan fingerprint density at radius 3 is 2.81 bits per heavy atom. The van der Waals surface area contributed by atoms with Gasteiger partial charge in [-0.15, -0.1) is 0 Å². The summed E-state index contributed by atoms with van der Waals surface area (Å²) in [4.78, 5) is 29.6. The Kier molecular flexibility index (Phi) is 3.32. The summed E-state index contributed by atoms with van der Waals surface area (Å²) in [6.07, 6.45) is 8.50. The molecule has 5 heteroatoms. The zero-order valence-electron chi connectivity index (χ0n) is 15.1. The van der Waals surface area contributed by atoms with Gasteiger partial charge in [0.1, 0.15) is 11.2 Å². The first-order chi connectivity index (χ1) is 13.0. The van der Waals surface area contributed by atoms with Crippen molar-refractivity contribution in [2.24, 2.45) is 5.41 Å². The largest absolute Gasteiger partial charge is 0.481 e. The maximum atomic E-state index is 13.2. The van der Waals surface area contributed by atoms with Gasteiger partial charge in [0, 0.05) is 5.56 Å². The van der Waals surface area contributed by atoms with Crippen molar-refractivity contribution in [2.45, 2.75) is 38.6 Å². The van der Waals surface area contributed by atoms with E-state index in [2.05, 4.69) is 37.3 Å². The highest BCUT2D eigenvalue weighted by Gasteiger charge is 2.62. The molecule has 5 rings (SSSR count). The van der Waals surface area contributed by atoms with Crippen molar-refractivity contribution in [3.05, 3.63) is 68.9 Å². The number of nitrogens with zero attached hydrogens (tertiary/aromatic N) is 2. The van der Waals surface area contributed by atoms with Crippen LogP contribution in [0.4, 0.5) is 0 Å². The molecule has 2 unspecified atom stereocenters. The lowest BCUT2D eigenvalue weighted by Gasteiger charge is -2.23. The predicted octanol–water partition coefficient (Wildman–Crippen LogP) is 3.47. The number of carboxylic acid groups (broad SMARTS) is 1. The molecule has 1 fully saturated rings. The fourth-order valence-electron chi connectivity index (χ4n) is 4.36. The van der Waals surface area contributed by atoms with Gasteiger partial charge in [-0.3, -0.25) is 14.2 Å². The molecule has 2 aromatic rings. The quantitative estimate of drug-likeness (QED) is 0.890. The molecule has 0 spiro atoms. The molecule has 5 nitrogen and oxygen atoms in total. The van der Waals surface area contributed by atoms with Crippen molar-refractivity contribution in [3.63, 3.8) is 0 Å². The molecule has 2 atom stereocenters. The maximum absolute atomic E-state index is 13.2. The van der Waals surface area contributed by atoms with Crippen LogP contribution in [-0.4, -0.2) is 20.6 Å². The number of rotatable bonds is 2. The minimum absolute atomic E-state index is 0.0676. The van der Waals surface area contributed by atoms with Crippen molar-refractivity contribution in [2.75, 3.05) is 0 Å². The van der Waals surface area contributed by atoms with Crippen LogP contribution in [0.5, 0.6) is 0 Å². The summed E-state index contributed by atoms with van der Waals surface area (Å²) in [6.45, 7) is 2.06. The molecule has 0 amide bonds. The van der Waals surface area contributed by atoms with E-state index in [9.17, 15) is 14.7 Å². The Hall–Kier alpha value is -2.95. The average Bonchev–Trinajstić information content (AvgIpc) is 3.41. The highest BCUT2D eigenvalue weighted by Crippen LogP contribution is 2.59. The second kappa shape index (κ2) is 5.52. The van der Waals surface area contributed by atoms with Crippen LogP contribution < -0.4 is 5.56 Å². The normalized spacial score (nSPS) is 26.3. The molecule has 27 heavy (non-hydrogen) atoms.